The summed E-state index contributed by atoms with van der Waals surface area (Å²) >= 11 is 0. The van der Waals surface area contributed by atoms with Gasteiger partial charge in [-0.05, 0) is 38.1 Å². The minimum atomic E-state index is -0.397. The Morgan fingerprint density at radius 2 is 1.65 bits per heavy atom. The summed E-state index contributed by atoms with van der Waals surface area (Å²) in [7, 11) is 0. The Morgan fingerprint density at radius 3 is 2.35 bits per heavy atom. The fourth-order valence-corrected chi connectivity index (χ4v) is 3.38. The van der Waals surface area contributed by atoms with E-state index in [-0.39, 0.29) is 23.8 Å². The summed E-state index contributed by atoms with van der Waals surface area (Å²) in [5.41, 5.74) is 2.86. The fraction of sp³-hybridized carbons (Fsp3) is 0.120. The first-order chi connectivity index (χ1) is 14.9. The van der Waals surface area contributed by atoms with Gasteiger partial charge in [0.25, 0.3) is 0 Å². The minimum Gasteiger partial charge on any atom is -0.325 e. The molecule has 154 valence electrons. The zero-order valence-electron chi connectivity index (χ0n) is 17.3. The van der Waals surface area contributed by atoms with Gasteiger partial charge in [0.2, 0.25) is 11.3 Å². The molecule has 0 aliphatic carbocycles. The van der Waals surface area contributed by atoms with Gasteiger partial charge in [0, 0.05) is 23.1 Å². The molecule has 0 fully saturated rings. The predicted octanol–water partition coefficient (Wildman–Crippen LogP) is 3.88. The van der Waals surface area contributed by atoms with Crippen LogP contribution in [0.2, 0.25) is 0 Å². The first-order valence-electron chi connectivity index (χ1n) is 9.89. The third kappa shape index (κ3) is 4.28. The lowest BCUT2D eigenvalue weighted by molar-refractivity contribution is -0.116. The minimum absolute atomic E-state index is 0.00693. The molecule has 2 aromatic carbocycles. The van der Waals surface area contributed by atoms with Gasteiger partial charge in [-0.3, -0.25) is 14.4 Å². The van der Waals surface area contributed by atoms with Crippen LogP contribution < -0.4 is 10.7 Å². The fourth-order valence-electron chi connectivity index (χ4n) is 3.38. The van der Waals surface area contributed by atoms with Crippen LogP contribution in [0.15, 0.2) is 77.7 Å². The highest BCUT2D eigenvalue weighted by Gasteiger charge is 2.19. The Bertz CT molecular complexity index is 1340. The molecule has 0 saturated heterocycles. The van der Waals surface area contributed by atoms with Gasteiger partial charge in [-0.25, -0.2) is 4.98 Å². The lowest BCUT2D eigenvalue weighted by Crippen LogP contribution is -2.25. The first-order valence-corrected chi connectivity index (χ1v) is 9.89. The highest BCUT2D eigenvalue weighted by atomic mass is 16.2. The third-order valence-electron chi connectivity index (χ3n) is 4.99. The smallest absolute Gasteiger partial charge is 0.244 e. The van der Waals surface area contributed by atoms with Gasteiger partial charge in [0.1, 0.15) is 12.2 Å². The highest BCUT2D eigenvalue weighted by Crippen LogP contribution is 2.15. The van der Waals surface area contributed by atoms with E-state index in [1.165, 1.54) is 6.20 Å². The molecular formula is C25H21N3O3. The summed E-state index contributed by atoms with van der Waals surface area (Å²) in [5.74, 6) is -0.670. The van der Waals surface area contributed by atoms with Gasteiger partial charge in [-0.15, -0.1) is 0 Å². The maximum Gasteiger partial charge on any atom is 0.244 e. The Kier molecular flexibility index (Phi) is 5.45. The number of hydrogen-bond donors (Lipinski definition) is 1. The molecular weight excluding hydrogens is 390 g/mol. The number of anilines is 1. The maximum absolute atomic E-state index is 13.0. The number of hydrogen-bond acceptors (Lipinski definition) is 4. The van der Waals surface area contributed by atoms with Crippen LogP contribution in [0, 0.1) is 13.8 Å². The first kappa shape index (κ1) is 20.2. The van der Waals surface area contributed by atoms with E-state index in [4.69, 9.17) is 0 Å². The van der Waals surface area contributed by atoms with Crippen molar-refractivity contribution in [1.82, 2.24) is 9.55 Å². The van der Waals surface area contributed by atoms with Gasteiger partial charge in [-0.1, -0.05) is 48.0 Å². The van der Waals surface area contributed by atoms with Crippen LogP contribution >= 0.6 is 0 Å². The van der Waals surface area contributed by atoms with E-state index in [9.17, 15) is 14.4 Å². The maximum atomic E-state index is 13.0. The van der Waals surface area contributed by atoms with Gasteiger partial charge in [0.05, 0.1) is 10.9 Å². The molecule has 4 aromatic rings. The van der Waals surface area contributed by atoms with Crippen molar-refractivity contribution >= 4 is 28.4 Å². The SMILES string of the molecule is Cc1ccc(NC(=O)Cn2cc(C(=O)c3ccccc3)c(=O)c3ccc(C)nc32)cc1. The molecule has 2 aromatic heterocycles. The van der Waals surface area contributed by atoms with E-state index in [1.54, 1.807) is 47.0 Å². The van der Waals surface area contributed by atoms with Crippen LogP contribution in [0.25, 0.3) is 11.0 Å². The zero-order valence-corrected chi connectivity index (χ0v) is 17.3. The summed E-state index contributed by atoms with van der Waals surface area (Å²) < 4.78 is 1.56. The second-order valence-electron chi connectivity index (χ2n) is 7.43. The standard InChI is InChI=1S/C25H21N3O3/c1-16-8-11-19(12-9-16)27-22(29)15-28-14-21(23(30)18-6-4-3-5-7-18)24(31)20-13-10-17(2)26-25(20)28/h3-14H,15H2,1-2H3,(H,27,29). The number of carbonyl (C=O) groups is 2. The second kappa shape index (κ2) is 8.36. The van der Waals surface area contributed by atoms with Gasteiger partial charge in [0.15, 0.2) is 5.78 Å². The number of aryl methyl sites for hydroxylation is 2. The average Bonchev–Trinajstić information content (AvgIpc) is 2.77. The number of amides is 1. The molecule has 1 amide bonds. The largest absolute Gasteiger partial charge is 0.325 e. The molecule has 2 heterocycles. The molecule has 0 radical (unpaired) electrons. The normalized spacial score (nSPS) is 10.8. The number of ketones is 1. The lowest BCUT2D eigenvalue weighted by atomic mass is 10.0. The highest BCUT2D eigenvalue weighted by molar-refractivity contribution is 6.10. The Morgan fingerprint density at radius 1 is 0.935 bits per heavy atom. The molecule has 0 atom stereocenters. The van der Waals surface area contributed by atoms with Crippen LogP contribution in [0.5, 0.6) is 0 Å². The number of nitrogens with one attached hydrogen (secondary N) is 1. The van der Waals surface area contributed by atoms with Gasteiger partial charge < -0.3 is 9.88 Å². The number of fused-ring (bicyclic) bond motifs is 1. The zero-order chi connectivity index (χ0) is 22.0. The van der Waals surface area contributed by atoms with Crippen LogP contribution in [0.4, 0.5) is 5.69 Å². The Hall–Kier alpha value is -4.06. The van der Waals surface area contributed by atoms with Gasteiger partial charge in [-0.2, -0.15) is 0 Å². The molecule has 4 rings (SSSR count). The van der Waals surface area contributed by atoms with Crippen LogP contribution in [0.1, 0.15) is 27.2 Å². The molecule has 6 nitrogen and oxygen atoms in total. The molecule has 0 bridgehead atoms. The molecule has 1 N–H and O–H groups in total. The number of carbonyl (C=O) groups excluding carboxylic acids is 2. The van der Waals surface area contributed by atoms with E-state index >= 15 is 0 Å². The average molecular weight is 411 g/mol. The topological polar surface area (TPSA) is 81.1 Å². The van der Waals surface area contributed by atoms with Crippen molar-refractivity contribution in [2.75, 3.05) is 5.32 Å². The van der Waals surface area contributed by atoms with Crippen molar-refractivity contribution in [1.29, 1.82) is 0 Å². The molecule has 0 saturated carbocycles. The van der Waals surface area contributed by atoms with Crippen molar-refractivity contribution in [3.63, 3.8) is 0 Å². The van der Waals surface area contributed by atoms with Crippen molar-refractivity contribution in [2.45, 2.75) is 20.4 Å². The van der Waals surface area contributed by atoms with Crippen molar-refractivity contribution < 1.29 is 9.59 Å². The number of pyridine rings is 2. The summed E-state index contributed by atoms with van der Waals surface area (Å²) in [6.45, 7) is 3.69. The number of aromatic nitrogens is 2. The van der Waals surface area contributed by atoms with Crippen LogP contribution in [-0.2, 0) is 11.3 Å². The molecule has 0 aliphatic heterocycles. The second-order valence-corrected chi connectivity index (χ2v) is 7.43. The van der Waals surface area contributed by atoms with Crippen molar-refractivity contribution in [3.05, 3.63) is 106 Å². The summed E-state index contributed by atoms with van der Waals surface area (Å²) in [6.07, 6.45) is 1.43. The quantitative estimate of drug-likeness (QED) is 0.505. The van der Waals surface area contributed by atoms with Crippen LogP contribution in [0.3, 0.4) is 0 Å². The number of benzene rings is 2. The van der Waals surface area contributed by atoms with Crippen molar-refractivity contribution in [3.8, 4) is 0 Å². The number of rotatable bonds is 5. The molecule has 6 heteroatoms. The Labute approximate surface area is 179 Å². The van der Waals surface area contributed by atoms with E-state index in [2.05, 4.69) is 10.3 Å². The molecule has 31 heavy (non-hydrogen) atoms. The predicted molar refractivity (Wildman–Crippen MR) is 120 cm³/mol. The molecule has 0 aliphatic rings. The van der Waals surface area contributed by atoms with E-state index in [0.717, 1.165) is 5.56 Å². The van der Waals surface area contributed by atoms with Crippen molar-refractivity contribution in [2.24, 2.45) is 0 Å². The monoisotopic (exact) mass is 411 g/mol. The summed E-state index contributed by atoms with van der Waals surface area (Å²) in [6, 6.07) is 19.4. The van der Waals surface area contributed by atoms with E-state index in [0.29, 0.717) is 28.0 Å². The van der Waals surface area contributed by atoms with E-state index in [1.807, 2.05) is 38.1 Å². The van der Waals surface area contributed by atoms with E-state index < -0.39 is 5.43 Å². The molecule has 0 unspecified atom stereocenters. The third-order valence-corrected chi connectivity index (χ3v) is 4.99. The van der Waals surface area contributed by atoms with Gasteiger partial charge >= 0.3 is 0 Å². The van der Waals surface area contributed by atoms with Crippen LogP contribution in [-0.4, -0.2) is 21.2 Å². The lowest BCUT2D eigenvalue weighted by Gasteiger charge is -2.13. The Balaban J connectivity index is 1.76. The molecule has 0 spiro atoms. The summed E-state index contributed by atoms with van der Waals surface area (Å²) in [5, 5.41) is 3.14. The number of nitrogens with zero attached hydrogens (tertiary/aromatic N) is 2. The summed E-state index contributed by atoms with van der Waals surface area (Å²) in [4.78, 5) is 43.2.